The van der Waals surface area contributed by atoms with Gasteiger partial charge in [0.25, 0.3) is 0 Å². The minimum Gasteiger partial charge on any atom is -0.0654 e. The third-order valence-corrected chi connectivity index (χ3v) is 2.46. The minimum absolute atomic E-state index is 0.886. The van der Waals surface area contributed by atoms with Gasteiger partial charge in [-0.15, -0.1) is 0 Å². The zero-order valence-corrected chi connectivity index (χ0v) is 12.3. The van der Waals surface area contributed by atoms with E-state index in [1.165, 1.54) is 32.1 Å². The molecule has 0 heterocycles. The summed E-state index contributed by atoms with van der Waals surface area (Å²) in [5, 5.41) is 0. The normalized spacial score (nSPS) is 10.8. The van der Waals surface area contributed by atoms with Crippen LogP contribution in [-0.4, -0.2) is 0 Å². The third kappa shape index (κ3) is 24.9. The van der Waals surface area contributed by atoms with Crippen LogP contribution in [-0.2, 0) is 0 Å². The lowest BCUT2D eigenvalue weighted by Crippen LogP contribution is -1.91. The first-order valence-electron chi connectivity index (χ1n) is 6.90. The van der Waals surface area contributed by atoms with Crippen LogP contribution in [0.5, 0.6) is 0 Å². The van der Waals surface area contributed by atoms with Gasteiger partial charge in [-0.05, 0) is 17.8 Å². The summed E-state index contributed by atoms with van der Waals surface area (Å²) in [5.74, 6) is 2.68. The first kappa shape index (κ1) is 17.4. The van der Waals surface area contributed by atoms with Crippen molar-refractivity contribution in [1.82, 2.24) is 0 Å². The largest absolute Gasteiger partial charge is 0.0654 e. The molecule has 0 radical (unpaired) electrons. The van der Waals surface area contributed by atoms with E-state index in [-0.39, 0.29) is 0 Å². The van der Waals surface area contributed by atoms with Gasteiger partial charge in [0, 0.05) is 0 Å². The van der Waals surface area contributed by atoms with Gasteiger partial charge in [-0.25, -0.2) is 0 Å². The van der Waals surface area contributed by atoms with Gasteiger partial charge >= 0.3 is 0 Å². The summed E-state index contributed by atoms with van der Waals surface area (Å²) in [4.78, 5) is 0. The number of hydrogen-bond donors (Lipinski definition) is 0. The van der Waals surface area contributed by atoms with Crippen LogP contribution in [0, 0.1) is 17.8 Å². The van der Waals surface area contributed by atoms with Gasteiger partial charge in [0.15, 0.2) is 0 Å². The van der Waals surface area contributed by atoms with Crippen LogP contribution in [0.25, 0.3) is 0 Å². The van der Waals surface area contributed by atoms with Crippen molar-refractivity contribution in [2.45, 2.75) is 80.6 Å². The van der Waals surface area contributed by atoms with E-state index in [1.807, 2.05) is 0 Å². The Morgan fingerprint density at radius 3 is 1.07 bits per heavy atom. The van der Waals surface area contributed by atoms with Crippen molar-refractivity contribution in [2.75, 3.05) is 0 Å². The summed E-state index contributed by atoms with van der Waals surface area (Å²) in [6, 6.07) is 0. The van der Waals surface area contributed by atoms with Crippen LogP contribution in [0.15, 0.2) is 0 Å². The average molecular weight is 214 g/mol. The molecule has 0 aromatic heterocycles. The predicted molar refractivity (Wildman–Crippen MR) is 73.3 cm³/mol. The molecule has 0 atom stereocenters. The Bertz CT molecular complexity index is 92.6. The summed E-state index contributed by atoms with van der Waals surface area (Å²) in [7, 11) is 0. The van der Waals surface area contributed by atoms with E-state index in [2.05, 4.69) is 48.5 Å². The van der Waals surface area contributed by atoms with Crippen molar-refractivity contribution in [3.63, 3.8) is 0 Å². The molecule has 0 spiro atoms. The molecule has 0 saturated carbocycles. The molecule has 0 rings (SSSR count). The molecule has 0 unspecified atom stereocenters. The molecular formula is C15H34. The Balaban J connectivity index is 0. The molecule has 0 amide bonds. The molecule has 0 aromatic rings. The summed E-state index contributed by atoms with van der Waals surface area (Å²) < 4.78 is 0. The highest BCUT2D eigenvalue weighted by Crippen LogP contribution is 2.09. The molecule has 15 heavy (non-hydrogen) atoms. The Hall–Kier alpha value is 0. The first-order chi connectivity index (χ1) is 6.90. The van der Waals surface area contributed by atoms with Crippen LogP contribution < -0.4 is 0 Å². The lowest BCUT2D eigenvalue weighted by atomic mass is 10.0. The quantitative estimate of drug-likeness (QED) is 0.515. The van der Waals surface area contributed by atoms with Crippen molar-refractivity contribution in [3.05, 3.63) is 0 Å². The Kier molecular flexibility index (Phi) is 14.0. The Labute approximate surface area is 98.9 Å². The molecule has 0 aliphatic rings. The molecule has 0 saturated heterocycles. The van der Waals surface area contributed by atoms with E-state index in [0.29, 0.717) is 0 Å². The SMILES string of the molecule is CC(C)CCC(C)C.CCCCC(C)C. The van der Waals surface area contributed by atoms with Gasteiger partial charge in [0.2, 0.25) is 0 Å². The van der Waals surface area contributed by atoms with E-state index in [0.717, 1.165) is 17.8 Å². The van der Waals surface area contributed by atoms with E-state index in [1.54, 1.807) is 0 Å². The second-order valence-corrected chi connectivity index (χ2v) is 5.90. The fraction of sp³-hybridized carbons (Fsp3) is 1.00. The molecule has 0 heteroatoms. The summed E-state index contributed by atoms with van der Waals surface area (Å²) >= 11 is 0. The van der Waals surface area contributed by atoms with E-state index in [9.17, 15) is 0 Å². The summed E-state index contributed by atoms with van der Waals surface area (Å²) in [6.45, 7) is 15.9. The van der Waals surface area contributed by atoms with Gasteiger partial charge in [0.1, 0.15) is 0 Å². The topological polar surface area (TPSA) is 0 Å². The molecule has 94 valence electrons. The highest BCUT2D eigenvalue weighted by Gasteiger charge is 1.95. The smallest absolute Gasteiger partial charge is 0.0471 e. The molecule has 0 nitrogen and oxygen atoms in total. The lowest BCUT2D eigenvalue weighted by molar-refractivity contribution is 0.476. The summed E-state index contributed by atoms with van der Waals surface area (Å²) in [5.41, 5.74) is 0. The zero-order valence-electron chi connectivity index (χ0n) is 12.3. The average Bonchev–Trinajstić information content (AvgIpc) is 2.12. The maximum absolute atomic E-state index is 2.28. The molecule has 0 aliphatic carbocycles. The molecule has 0 aromatic carbocycles. The summed E-state index contributed by atoms with van der Waals surface area (Å²) in [6.07, 6.45) is 6.92. The second kappa shape index (κ2) is 12.1. The maximum atomic E-state index is 2.28. The van der Waals surface area contributed by atoms with Gasteiger partial charge in [0.05, 0.1) is 0 Å². The molecular weight excluding hydrogens is 180 g/mol. The predicted octanol–water partition coefficient (Wildman–Crippen LogP) is 5.91. The van der Waals surface area contributed by atoms with Crippen LogP contribution in [0.2, 0.25) is 0 Å². The number of rotatable bonds is 6. The zero-order chi connectivity index (χ0) is 12.3. The highest BCUT2D eigenvalue weighted by atomic mass is 14.0. The lowest BCUT2D eigenvalue weighted by Gasteiger charge is -2.05. The van der Waals surface area contributed by atoms with Crippen molar-refractivity contribution in [2.24, 2.45) is 17.8 Å². The minimum atomic E-state index is 0.886. The molecule has 0 fully saturated rings. The number of hydrogen-bond acceptors (Lipinski definition) is 0. The fourth-order valence-electron chi connectivity index (χ4n) is 1.28. The monoisotopic (exact) mass is 214 g/mol. The van der Waals surface area contributed by atoms with Gasteiger partial charge in [-0.3, -0.25) is 0 Å². The van der Waals surface area contributed by atoms with Gasteiger partial charge in [-0.1, -0.05) is 80.6 Å². The third-order valence-electron chi connectivity index (χ3n) is 2.46. The Morgan fingerprint density at radius 1 is 0.600 bits per heavy atom. The van der Waals surface area contributed by atoms with Crippen LogP contribution >= 0.6 is 0 Å². The standard InChI is InChI=1S/C8H18.C7H16/c1-7(2)5-6-8(3)4;1-4-5-6-7(2)3/h7-8H,5-6H2,1-4H3;7H,4-6H2,1-3H3. The van der Waals surface area contributed by atoms with Crippen LogP contribution in [0.3, 0.4) is 0 Å². The number of unbranched alkanes of at least 4 members (excludes halogenated alkanes) is 1. The van der Waals surface area contributed by atoms with E-state index < -0.39 is 0 Å². The molecule has 0 aliphatic heterocycles. The van der Waals surface area contributed by atoms with Gasteiger partial charge < -0.3 is 0 Å². The maximum Gasteiger partial charge on any atom is -0.0471 e. The van der Waals surface area contributed by atoms with Crippen molar-refractivity contribution < 1.29 is 0 Å². The first-order valence-corrected chi connectivity index (χ1v) is 6.90. The molecule has 0 N–H and O–H groups in total. The van der Waals surface area contributed by atoms with Crippen molar-refractivity contribution in [3.8, 4) is 0 Å². The van der Waals surface area contributed by atoms with E-state index >= 15 is 0 Å². The Morgan fingerprint density at radius 2 is 0.933 bits per heavy atom. The molecule has 0 bridgehead atoms. The van der Waals surface area contributed by atoms with Gasteiger partial charge in [-0.2, -0.15) is 0 Å². The second-order valence-electron chi connectivity index (χ2n) is 5.90. The fourth-order valence-corrected chi connectivity index (χ4v) is 1.28. The van der Waals surface area contributed by atoms with Crippen LogP contribution in [0.1, 0.15) is 80.6 Å². The van der Waals surface area contributed by atoms with Crippen molar-refractivity contribution in [1.29, 1.82) is 0 Å². The van der Waals surface area contributed by atoms with Crippen molar-refractivity contribution >= 4 is 0 Å². The van der Waals surface area contributed by atoms with E-state index in [4.69, 9.17) is 0 Å². The highest BCUT2D eigenvalue weighted by molar-refractivity contribution is 4.48. The van der Waals surface area contributed by atoms with Crippen LogP contribution in [0.4, 0.5) is 0 Å².